The molecule has 12 nitrogen and oxygen atoms in total. The molecule has 0 heterocycles. The Labute approximate surface area is 189 Å². The van der Waals surface area contributed by atoms with Crippen molar-refractivity contribution in [3.8, 4) is 0 Å². The second-order valence-corrected chi connectivity index (χ2v) is 7.72. The molecule has 0 saturated carbocycles. The van der Waals surface area contributed by atoms with Crippen LogP contribution in [0.2, 0.25) is 0 Å². The van der Waals surface area contributed by atoms with Crippen LogP contribution < -0.4 is 68.6 Å². The van der Waals surface area contributed by atoms with Crippen molar-refractivity contribution in [1.82, 2.24) is 0 Å². The zero-order valence-electron chi connectivity index (χ0n) is 12.2. The van der Waals surface area contributed by atoms with Crippen LogP contribution in [-0.4, -0.2) is 75.8 Å². The van der Waals surface area contributed by atoms with Crippen LogP contribution in [0.4, 0.5) is 0 Å². The van der Waals surface area contributed by atoms with Gasteiger partial charge in [0.05, 0.1) is 47.6 Å². The maximum absolute atomic E-state index is 9.60. The summed E-state index contributed by atoms with van der Waals surface area (Å²) in [7, 11) is -12.1. The fourth-order valence-electron chi connectivity index (χ4n) is 0.433. The standard InChI is InChI=1S/3C2H7NO3S.Co.K/c3*3-1-2-7(4,5)6;;/h3*1-3H2,(H,4,5,6);;/q;;;+2;+1/p-3. The molecule has 0 fully saturated rings. The first-order chi connectivity index (χ1) is 9.18. The van der Waals surface area contributed by atoms with Crippen molar-refractivity contribution in [2.45, 2.75) is 0 Å². The van der Waals surface area contributed by atoms with Crippen molar-refractivity contribution in [3.05, 3.63) is 0 Å². The van der Waals surface area contributed by atoms with Crippen molar-refractivity contribution in [3.63, 3.8) is 0 Å². The van der Waals surface area contributed by atoms with Crippen molar-refractivity contribution in [2.75, 3.05) is 36.9 Å². The molecule has 0 unspecified atom stereocenters. The third kappa shape index (κ3) is 59.4. The molecule has 0 aromatic heterocycles. The number of nitrogens with two attached hydrogens (primary N) is 3. The predicted molar refractivity (Wildman–Crippen MR) is 70.9 cm³/mol. The molecule has 0 aromatic carbocycles. The van der Waals surface area contributed by atoms with Crippen LogP contribution in [0.3, 0.4) is 0 Å². The quantitative estimate of drug-likeness (QED) is 0.242. The van der Waals surface area contributed by atoms with Gasteiger partial charge in [0.15, 0.2) is 0 Å². The molecule has 17 heteroatoms. The fraction of sp³-hybridized carbons (Fsp3) is 1.00. The summed E-state index contributed by atoms with van der Waals surface area (Å²) in [5.41, 5.74) is 14.2. The van der Waals surface area contributed by atoms with E-state index in [1.807, 2.05) is 0 Å². The second kappa shape index (κ2) is 18.5. The zero-order valence-corrected chi connectivity index (χ0v) is 18.8. The van der Waals surface area contributed by atoms with Gasteiger partial charge in [-0.25, -0.2) is 25.3 Å². The topological polar surface area (TPSA) is 250 Å². The van der Waals surface area contributed by atoms with Crippen molar-refractivity contribution < 1.29 is 107 Å². The zero-order chi connectivity index (χ0) is 17.7. The van der Waals surface area contributed by atoms with E-state index in [4.69, 9.17) is 17.2 Å². The van der Waals surface area contributed by atoms with Crippen LogP contribution >= 0.6 is 0 Å². The van der Waals surface area contributed by atoms with E-state index in [2.05, 4.69) is 0 Å². The van der Waals surface area contributed by atoms with Crippen LogP contribution in [0, 0.1) is 0 Å². The molecular formula is C6H18CoKN3O9S3. The fourth-order valence-corrected chi connectivity index (χ4v) is 1.30. The SMILES string of the molecule is NCCS(=O)(=O)[O-].NCCS(=O)(=O)[O-].NCCS(=O)(=O)[O-].[Co+2].[K+]. The van der Waals surface area contributed by atoms with E-state index in [9.17, 15) is 38.9 Å². The number of hydrogen-bond donors (Lipinski definition) is 3. The van der Waals surface area contributed by atoms with E-state index in [1.165, 1.54) is 0 Å². The third-order valence-electron chi connectivity index (χ3n) is 1.10. The van der Waals surface area contributed by atoms with Gasteiger partial charge in [-0.3, -0.25) is 0 Å². The van der Waals surface area contributed by atoms with Crippen LogP contribution in [-0.2, 0) is 47.1 Å². The molecule has 0 saturated heterocycles. The van der Waals surface area contributed by atoms with Gasteiger partial charge in [0.1, 0.15) is 0 Å². The van der Waals surface area contributed by atoms with Crippen molar-refractivity contribution in [1.29, 1.82) is 0 Å². The molecule has 0 aliphatic carbocycles. The summed E-state index contributed by atoms with van der Waals surface area (Å²) in [6.07, 6.45) is 0. The molecule has 6 N–H and O–H groups in total. The normalized spacial score (nSPS) is 10.7. The average molecular weight is 470 g/mol. The first-order valence-corrected chi connectivity index (χ1v) is 9.82. The van der Waals surface area contributed by atoms with Gasteiger partial charge in [0.25, 0.3) is 0 Å². The molecule has 139 valence electrons. The summed E-state index contributed by atoms with van der Waals surface area (Å²) in [6, 6.07) is 0. The Morgan fingerprint density at radius 3 is 0.696 bits per heavy atom. The summed E-state index contributed by atoms with van der Waals surface area (Å²) in [6.45, 7) is -0.274. The molecule has 0 rings (SSSR count). The summed E-state index contributed by atoms with van der Waals surface area (Å²) >= 11 is 0. The molecule has 0 aromatic rings. The largest absolute Gasteiger partial charge is 2.00 e. The van der Waals surface area contributed by atoms with E-state index < -0.39 is 47.6 Å². The Bertz CT molecular complexity index is 470. The number of rotatable bonds is 6. The third-order valence-corrected chi connectivity index (χ3v) is 3.31. The molecular weight excluding hydrogens is 452 g/mol. The minimum atomic E-state index is -4.05. The minimum absolute atomic E-state index is 0. The van der Waals surface area contributed by atoms with Gasteiger partial charge in [0, 0.05) is 19.6 Å². The predicted octanol–water partition coefficient (Wildman–Crippen LogP) is -7.53. The summed E-state index contributed by atoms with van der Waals surface area (Å²) in [5.74, 6) is -1.40. The van der Waals surface area contributed by atoms with Crippen LogP contribution in [0.25, 0.3) is 0 Å². The average Bonchev–Trinajstić information content (AvgIpc) is 2.12. The van der Waals surface area contributed by atoms with Gasteiger partial charge < -0.3 is 30.9 Å². The Balaban J connectivity index is -0.0000000675. The van der Waals surface area contributed by atoms with E-state index >= 15 is 0 Å². The second-order valence-electron chi connectivity index (χ2n) is 3.15. The molecule has 0 aliphatic rings. The van der Waals surface area contributed by atoms with E-state index in [1.54, 1.807) is 0 Å². The summed E-state index contributed by atoms with van der Waals surface area (Å²) in [4.78, 5) is 0. The monoisotopic (exact) mass is 470 g/mol. The smallest absolute Gasteiger partial charge is 0.748 e. The van der Waals surface area contributed by atoms with Crippen LogP contribution in [0.15, 0.2) is 0 Å². The van der Waals surface area contributed by atoms with Gasteiger partial charge in [-0.05, 0) is 0 Å². The van der Waals surface area contributed by atoms with E-state index in [0.717, 1.165) is 0 Å². The Kier molecular flexibility index (Phi) is 28.9. The Morgan fingerprint density at radius 1 is 0.565 bits per heavy atom. The Hall–Kier alpha value is 1.75. The van der Waals surface area contributed by atoms with Crippen LogP contribution in [0.5, 0.6) is 0 Å². The number of hydrogen-bond acceptors (Lipinski definition) is 12. The van der Waals surface area contributed by atoms with Gasteiger partial charge in [0.2, 0.25) is 0 Å². The molecule has 0 atom stereocenters. The molecule has 0 amide bonds. The van der Waals surface area contributed by atoms with E-state index in [0.29, 0.717) is 0 Å². The van der Waals surface area contributed by atoms with Gasteiger partial charge >= 0.3 is 68.2 Å². The minimum Gasteiger partial charge on any atom is -0.748 e. The molecule has 23 heavy (non-hydrogen) atoms. The van der Waals surface area contributed by atoms with Crippen molar-refractivity contribution in [2.24, 2.45) is 17.2 Å². The molecule has 0 bridgehead atoms. The van der Waals surface area contributed by atoms with Gasteiger partial charge in [-0.2, -0.15) is 0 Å². The molecule has 1 radical (unpaired) electrons. The van der Waals surface area contributed by atoms with Crippen molar-refractivity contribution >= 4 is 30.4 Å². The van der Waals surface area contributed by atoms with Crippen LogP contribution in [0.1, 0.15) is 0 Å². The molecule has 0 aliphatic heterocycles. The molecule has 0 spiro atoms. The first kappa shape index (κ1) is 35.8. The maximum atomic E-state index is 9.60. The first-order valence-electron chi connectivity index (χ1n) is 5.09. The Morgan fingerprint density at radius 2 is 0.696 bits per heavy atom. The van der Waals surface area contributed by atoms with Gasteiger partial charge in [-0.1, -0.05) is 0 Å². The van der Waals surface area contributed by atoms with Gasteiger partial charge in [-0.15, -0.1) is 0 Å². The maximum Gasteiger partial charge on any atom is 2.00 e. The summed E-state index contributed by atoms with van der Waals surface area (Å²) < 4.78 is 86.4. The summed E-state index contributed by atoms with van der Waals surface area (Å²) in [5, 5.41) is 0. The van der Waals surface area contributed by atoms with E-state index in [-0.39, 0.29) is 87.8 Å².